The Hall–Kier alpha value is -1.88. The predicted octanol–water partition coefficient (Wildman–Crippen LogP) is 2.46. The third-order valence-corrected chi connectivity index (χ3v) is 3.68. The number of nitrogens with two attached hydrogens (primary N) is 1. The third-order valence-electron chi connectivity index (χ3n) is 3.68. The molecule has 0 unspecified atom stereocenters. The van der Waals surface area contributed by atoms with Crippen LogP contribution in [0.25, 0.3) is 11.4 Å². The van der Waals surface area contributed by atoms with Crippen molar-refractivity contribution < 1.29 is 9.63 Å². The minimum atomic E-state index is -0.490. The summed E-state index contributed by atoms with van der Waals surface area (Å²) in [7, 11) is 0. The Balaban J connectivity index is 2.40. The van der Waals surface area contributed by atoms with Gasteiger partial charge in [0, 0.05) is 11.1 Å². The van der Waals surface area contributed by atoms with Gasteiger partial charge in [-0.3, -0.25) is 0 Å². The Bertz CT molecular complexity index is 582. The zero-order valence-corrected chi connectivity index (χ0v) is 11.6. The van der Waals surface area contributed by atoms with Crippen LogP contribution < -0.4 is 5.73 Å². The fourth-order valence-corrected chi connectivity index (χ4v) is 1.52. The summed E-state index contributed by atoms with van der Waals surface area (Å²) >= 11 is 0. The summed E-state index contributed by atoms with van der Waals surface area (Å²) in [4.78, 5) is 4.39. The maximum Gasteiger partial charge on any atom is 0.234 e. The number of phenols is 1. The lowest BCUT2D eigenvalue weighted by Crippen LogP contribution is -2.50. The number of aromatic nitrogens is 2. The first kappa shape index (κ1) is 13.5. The zero-order chi connectivity index (χ0) is 14.3. The van der Waals surface area contributed by atoms with E-state index < -0.39 is 11.0 Å². The molecule has 0 radical (unpaired) electrons. The van der Waals surface area contributed by atoms with Gasteiger partial charge in [-0.2, -0.15) is 4.98 Å². The fraction of sp³-hybridized carbons (Fsp3) is 0.429. The Morgan fingerprint density at radius 2 is 1.89 bits per heavy atom. The first-order valence-corrected chi connectivity index (χ1v) is 6.14. The highest BCUT2D eigenvalue weighted by atomic mass is 16.5. The van der Waals surface area contributed by atoms with Crippen molar-refractivity contribution >= 4 is 0 Å². The summed E-state index contributed by atoms with van der Waals surface area (Å²) in [6.45, 7) is 7.77. The number of nitrogens with zero attached hydrogens (tertiary/aromatic N) is 2. The average molecular weight is 261 g/mol. The number of phenolic OH excluding ortho intramolecular Hbond substituents is 1. The smallest absolute Gasteiger partial charge is 0.234 e. The maximum atomic E-state index is 9.46. The van der Waals surface area contributed by atoms with Crippen LogP contribution in [0.3, 0.4) is 0 Å². The standard InChI is InChI=1S/C14H19N3O2/c1-13(2,14(3,4)15)12-16-11(17-19-12)9-6-5-7-10(18)8-9/h5-8,18H,15H2,1-4H3. The van der Waals surface area contributed by atoms with Crippen molar-refractivity contribution in [3.8, 4) is 17.1 Å². The van der Waals surface area contributed by atoms with E-state index in [0.717, 1.165) is 0 Å². The minimum Gasteiger partial charge on any atom is -0.508 e. The fourth-order valence-electron chi connectivity index (χ4n) is 1.52. The van der Waals surface area contributed by atoms with Crippen LogP contribution in [0.2, 0.25) is 0 Å². The van der Waals surface area contributed by atoms with E-state index in [1.165, 1.54) is 0 Å². The zero-order valence-electron chi connectivity index (χ0n) is 11.6. The normalized spacial score (nSPS) is 12.7. The molecule has 0 aliphatic rings. The van der Waals surface area contributed by atoms with Gasteiger partial charge in [-0.25, -0.2) is 0 Å². The van der Waals surface area contributed by atoms with Crippen molar-refractivity contribution in [3.05, 3.63) is 30.2 Å². The number of rotatable bonds is 3. The van der Waals surface area contributed by atoms with E-state index in [1.54, 1.807) is 18.2 Å². The lowest BCUT2D eigenvalue weighted by molar-refractivity contribution is 0.223. The summed E-state index contributed by atoms with van der Waals surface area (Å²) < 4.78 is 5.33. The SMILES string of the molecule is CC(C)(N)C(C)(C)c1nc(-c2cccc(O)c2)no1. The van der Waals surface area contributed by atoms with E-state index in [1.807, 2.05) is 33.8 Å². The number of aromatic hydroxyl groups is 1. The molecule has 102 valence electrons. The van der Waals surface area contributed by atoms with Crippen molar-refractivity contribution in [1.82, 2.24) is 10.1 Å². The molecule has 0 bridgehead atoms. The first-order valence-electron chi connectivity index (χ1n) is 6.14. The summed E-state index contributed by atoms with van der Waals surface area (Å²) in [6.07, 6.45) is 0. The average Bonchev–Trinajstić information content (AvgIpc) is 2.77. The van der Waals surface area contributed by atoms with E-state index in [-0.39, 0.29) is 5.75 Å². The molecule has 2 aromatic rings. The Labute approximate surface area is 112 Å². The van der Waals surface area contributed by atoms with Gasteiger partial charge in [0.05, 0.1) is 5.41 Å². The van der Waals surface area contributed by atoms with Gasteiger partial charge in [0.1, 0.15) is 5.75 Å². The number of hydrogen-bond donors (Lipinski definition) is 2. The van der Waals surface area contributed by atoms with E-state index in [4.69, 9.17) is 10.3 Å². The van der Waals surface area contributed by atoms with Crippen molar-refractivity contribution in [2.75, 3.05) is 0 Å². The number of benzene rings is 1. The van der Waals surface area contributed by atoms with Gasteiger partial charge in [-0.15, -0.1) is 0 Å². The molecule has 2 rings (SSSR count). The van der Waals surface area contributed by atoms with Gasteiger partial charge < -0.3 is 15.4 Å². The van der Waals surface area contributed by atoms with Gasteiger partial charge in [-0.05, 0) is 39.8 Å². The van der Waals surface area contributed by atoms with E-state index in [2.05, 4.69) is 10.1 Å². The second-order valence-electron chi connectivity index (χ2n) is 5.82. The molecule has 1 heterocycles. The minimum absolute atomic E-state index is 0.169. The lowest BCUT2D eigenvalue weighted by Gasteiger charge is -2.34. The Kier molecular flexibility index (Phi) is 3.10. The highest BCUT2D eigenvalue weighted by molar-refractivity contribution is 5.56. The molecule has 0 aliphatic carbocycles. The van der Waals surface area contributed by atoms with Gasteiger partial charge in [0.15, 0.2) is 0 Å². The van der Waals surface area contributed by atoms with Crippen molar-refractivity contribution in [2.24, 2.45) is 5.73 Å². The van der Waals surface area contributed by atoms with Crippen LogP contribution in [0.4, 0.5) is 0 Å². The van der Waals surface area contributed by atoms with Gasteiger partial charge in [0.2, 0.25) is 11.7 Å². The van der Waals surface area contributed by atoms with Crippen LogP contribution in [-0.4, -0.2) is 20.8 Å². The van der Waals surface area contributed by atoms with Crippen molar-refractivity contribution in [2.45, 2.75) is 38.6 Å². The molecule has 5 nitrogen and oxygen atoms in total. The summed E-state index contributed by atoms with van der Waals surface area (Å²) in [5.74, 6) is 1.10. The molecular weight excluding hydrogens is 242 g/mol. The second kappa shape index (κ2) is 4.35. The van der Waals surface area contributed by atoms with Crippen LogP contribution in [0.5, 0.6) is 5.75 Å². The predicted molar refractivity (Wildman–Crippen MR) is 72.7 cm³/mol. The van der Waals surface area contributed by atoms with Crippen LogP contribution in [0.1, 0.15) is 33.6 Å². The highest BCUT2D eigenvalue weighted by Crippen LogP contribution is 2.33. The van der Waals surface area contributed by atoms with Gasteiger partial charge in [0.25, 0.3) is 0 Å². The largest absolute Gasteiger partial charge is 0.508 e. The maximum absolute atomic E-state index is 9.46. The molecular formula is C14H19N3O2. The summed E-state index contributed by atoms with van der Waals surface area (Å²) in [5, 5.41) is 13.4. The van der Waals surface area contributed by atoms with Crippen LogP contribution >= 0.6 is 0 Å². The molecule has 0 saturated heterocycles. The molecule has 1 aromatic heterocycles. The first-order chi connectivity index (χ1) is 8.72. The van der Waals surface area contributed by atoms with E-state index >= 15 is 0 Å². The van der Waals surface area contributed by atoms with E-state index in [9.17, 15) is 5.11 Å². The quantitative estimate of drug-likeness (QED) is 0.886. The molecule has 0 spiro atoms. The molecule has 0 aliphatic heterocycles. The van der Waals surface area contributed by atoms with Crippen molar-refractivity contribution in [3.63, 3.8) is 0 Å². The molecule has 1 aromatic carbocycles. The summed E-state index contributed by atoms with van der Waals surface area (Å²) in [5.41, 5.74) is 5.92. The molecule has 0 atom stereocenters. The topological polar surface area (TPSA) is 85.2 Å². The molecule has 5 heteroatoms. The molecule has 0 amide bonds. The second-order valence-corrected chi connectivity index (χ2v) is 5.82. The highest BCUT2D eigenvalue weighted by Gasteiger charge is 2.40. The van der Waals surface area contributed by atoms with Gasteiger partial charge in [-0.1, -0.05) is 17.3 Å². The van der Waals surface area contributed by atoms with Crippen molar-refractivity contribution in [1.29, 1.82) is 0 Å². The Morgan fingerprint density at radius 3 is 2.47 bits per heavy atom. The third kappa shape index (κ3) is 2.46. The monoisotopic (exact) mass is 261 g/mol. The molecule has 0 saturated carbocycles. The lowest BCUT2D eigenvalue weighted by atomic mass is 9.75. The Morgan fingerprint density at radius 1 is 1.21 bits per heavy atom. The molecule has 19 heavy (non-hydrogen) atoms. The van der Waals surface area contributed by atoms with Crippen LogP contribution in [0, 0.1) is 0 Å². The van der Waals surface area contributed by atoms with E-state index in [0.29, 0.717) is 17.3 Å². The summed E-state index contributed by atoms with van der Waals surface area (Å²) in [6, 6.07) is 6.74. The molecule has 0 fully saturated rings. The number of hydrogen-bond acceptors (Lipinski definition) is 5. The van der Waals surface area contributed by atoms with Crippen LogP contribution in [-0.2, 0) is 5.41 Å². The molecule has 3 N–H and O–H groups in total. The van der Waals surface area contributed by atoms with Gasteiger partial charge >= 0.3 is 0 Å². The van der Waals surface area contributed by atoms with Crippen LogP contribution in [0.15, 0.2) is 28.8 Å².